The molecule has 0 amide bonds. The fraction of sp³-hybridized carbons (Fsp3) is 0.750. The van der Waals surface area contributed by atoms with Gasteiger partial charge in [-0.2, -0.15) is 5.10 Å². The van der Waals surface area contributed by atoms with E-state index in [2.05, 4.69) is 37.3 Å². The highest BCUT2D eigenvalue weighted by Gasteiger charge is 2.14. The molecule has 0 aliphatic carbocycles. The molecule has 1 unspecified atom stereocenters. The van der Waals surface area contributed by atoms with Crippen LogP contribution in [0.5, 0.6) is 0 Å². The van der Waals surface area contributed by atoms with Crippen molar-refractivity contribution in [2.24, 2.45) is 13.0 Å². The Bertz CT molecular complexity index is 302. The van der Waals surface area contributed by atoms with E-state index in [9.17, 15) is 0 Å². The molecule has 15 heavy (non-hydrogen) atoms. The van der Waals surface area contributed by atoms with E-state index in [0.717, 1.165) is 12.8 Å². The molecule has 1 N–H and O–H groups in total. The third kappa shape index (κ3) is 3.06. The highest BCUT2D eigenvalue weighted by atomic mass is 15.3. The van der Waals surface area contributed by atoms with E-state index in [-0.39, 0.29) is 0 Å². The number of hydrogen-bond donors (Lipinski definition) is 1. The molecule has 1 aromatic rings. The summed E-state index contributed by atoms with van der Waals surface area (Å²) >= 11 is 0. The normalized spacial score (nSPS) is 13.5. The molecule has 0 aliphatic heterocycles. The molecule has 1 atom stereocenters. The second kappa shape index (κ2) is 5.31. The SMILES string of the molecule is CCc1cc(CC(NC)C(C)C)n(C)n1. The van der Waals surface area contributed by atoms with Crippen molar-refractivity contribution < 1.29 is 0 Å². The van der Waals surface area contributed by atoms with Gasteiger partial charge in [-0.1, -0.05) is 20.8 Å². The molecular weight excluding hydrogens is 186 g/mol. The summed E-state index contributed by atoms with van der Waals surface area (Å²) < 4.78 is 2.01. The molecule has 0 radical (unpaired) electrons. The van der Waals surface area contributed by atoms with Crippen LogP contribution in [-0.4, -0.2) is 22.9 Å². The van der Waals surface area contributed by atoms with Gasteiger partial charge in [-0.15, -0.1) is 0 Å². The van der Waals surface area contributed by atoms with Crippen molar-refractivity contribution >= 4 is 0 Å². The summed E-state index contributed by atoms with van der Waals surface area (Å²) in [5.41, 5.74) is 2.51. The van der Waals surface area contributed by atoms with Gasteiger partial charge in [0.05, 0.1) is 5.69 Å². The fourth-order valence-electron chi connectivity index (χ4n) is 1.83. The zero-order chi connectivity index (χ0) is 11.4. The third-order valence-electron chi connectivity index (χ3n) is 2.99. The Morgan fingerprint density at radius 2 is 2.13 bits per heavy atom. The summed E-state index contributed by atoms with van der Waals surface area (Å²) in [6.45, 7) is 6.64. The van der Waals surface area contributed by atoms with Gasteiger partial charge >= 0.3 is 0 Å². The van der Waals surface area contributed by atoms with Crippen LogP contribution >= 0.6 is 0 Å². The first kappa shape index (κ1) is 12.2. The Morgan fingerprint density at radius 3 is 2.53 bits per heavy atom. The summed E-state index contributed by atoms with van der Waals surface area (Å²) in [4.78, 5) is 0. The van der Waals surface area contributed by atoms with Gasteiger partial charge in [0.15, 0.2) is 0 Å². The van der Waals surface area contributed by atoms with E-state index in [4.69, 9.17) is 0 Å². The van der Waals surface area contributed by atoms with Crippen LogP contribution in [0.2, 0.25) is 0 Å². The molecule has 0 aromatic carbocycles. The van der Waals surface area contributed by atoms with Crippen LogP contribution in [0.25, 0.3) is 0 Å². The molecule has 0 saturated carbocycles. The average Bonchev–Trinajstić information content (AvgIpc) is 2.55. The number of rotatable bonds is 5. The van der Waals surface area contributed by atoms with E-state index < -0.39 is 0 Å². The first-order valence-electron chi connectivity index (χ1n) is 5.77. The Balaban J connectivity index is 2.74. The van der Waals surface area contributed by atoms with Crippen molar-refractivity contribution in [1.82, 2.24) is 15.1 Å². The summed E-state index contributed by atoms with van der Waals surface area (Å²) in [5, 5.41) is 7.83. The van der Waals surface area contributed by atoms with E-state index in [0.29, 0.717) is 12.0 Å². The van der Waals surface area contributed by atoms with Crippen molar-refractivity contribution in [2.45, 2.75) is 39.7 Å². The van der Waals surface area contributed by atoms with E-state index in [1.54, 1.807) is 0 Å². The standard InChI is InChI=1S/C12H23N3/c1-6-10-7-11(15(5)14-10)8-12(13-4)9(2)3/h7,9,12-13H,6,8H2,1-5H3. The summed E-state index contributed by atoms with van der Waals surface area (Å²) in [5.74, 6) is 0.648. The molecule has 0 aliphatic rings. The maximum absolute atomic E-state index is 4.46. The van der Waals surface area contributed by atoms with E-state index in [1.165, 1.54) is 11.4 Å². The Hall–Kier alpha value is -0.830. The Labute approximate surface area is 92.9 Å². The van der Waals surface area contributed by atoms with Crippen molar-refractivity contribution in [3.8, 4) is 0 Å². The molecule has 3 heteroatoms. The minimum atomic E-state index is 0.533. The zero-order valence-electron chi connectivity index (χ0n) is 10.5. The fourth-order valence-corrected chi connectivity index (χ4v) is 1.83. The van der Waals surface area contributed by atoms with Gasteiger partial charge in [0.2, 0.25) is 0 Å². The molecule has 1 rings (SSSR count). The van der Waals surface area contributed by atoms with Gasteiger partial charge in [-0.3, -0.25) is 4.68 Å². The lowest BCUT2D eigenvalue weighted by molar-refractivity contribution is 0.415. The molecule has 0 fully saturated rings. The maximum Gasteiger partial charge on any atom is 0.0624 e. The molecule has 1 aromatic heterocycles. The number of nitrogens with zero attached hydrogens (tertiary/aromatic N) is 2. The molecule has 3 nitrogen and oxygen atoms in total. The topological polar surface area (TPSA) is 29.9 Å². The van der Waals surface area contributed by atoms with Crippen LogP contribution in [-0.2, 0) is 19.9 Å². The quantitative estimate of drug-likeness (QED) is 0.801. The predicted molar refractivity (Wildman–Crippen MR) is 64.0 cm³/mol. The maximum atomic E-state index is 4.46. The monoisotopic (exact) mass is 209 g/mol. The largest absolute Gasteiger partial charge is 0.316 e. The van der Waals surface area contributed by atoms with Crippen molar-refractivity contribution in [1.29, 1.82) is 0 Å². The molecule has 0 spiro atoms. The van der Waals surface area contributed by atoms with Gasteiger partial charge in [0, 0.05) is 25.2 Å². The second-order valence-electron chi connectivity index (χ2n) is 4.45. The lowest BCUT2D eigenvalue weighted by Crippen LogP contribution is -2.33. The Morgan fingerprint density at radius 1 is 1.47 bits per heavy atom. The van der Waals surface area contributed by atoms with Gasteiger partial charge in [0.1, 0.15) is 0 Å². The summed E-state index contributed by atoms with van der Waals surface area (Å²) in [7, 11) is 4.06. The van der Waals surface area contributed by atoms with Gasteiger partial charge in [0.25, 0.3) is 0 Å². The van der Waals surface area contributed by atoms with Crippen molar-refractivity contribution in [3.63, 3.8) is 0 Å². The second-order valence-corrected chi connectivity index (χ2v) is 4.45. The number of aromatic nitrogens is 2. The van der Waals surface area contributed by atoms with Crippen LogP contribution in [0.15, 0.2) is 6.07 Å². The summed E-state index contributed by atoms with van der Waals surface area (Å²) in [6, 6.07) is 2.75. The Kier molecular flexibility index (Phi) is 4.33. The minimum Gasteiger partial charge on any atom is -0.316 e. The van der Waals surface area contributed by atoms with Crippen LogP contribution in [0.3, 0.4) is 0 Å². The van der Waals surface area contributed by atoms with Crippen LogP contribution in [0.4, 0.5) is 0 Å². The smallest absolute Gasteiger partial charge is 0.0624 e. The lowest BCUT2D eigenvalue weighted by atomic mass is 9.99. The minimum absolute atomic E-state index is 0.533. The predicted octanol–water partition coefficient (Wildman–Crippen LogP) is 1.77. The van der Waals surface area contributed by atoms with Gasteiger partial charge in [-0.05, 0) is 25.5 Å². The molecule has 86 valence electrons. The lowest BCUT2D eigenvalue weighted by Gasteiger charge is -2.19. The zero-order valence-corrected chi connectivity index (χ0v) is 10.5. The highest BCUT2D eigenvalue weighted by molar-refractivity contribution is 5.11. The van der Waals surface area contributed by atoms with Gasteiger partial charge in [-0.25, -0.2) is 0 Å². The number of aryl methyl sites for hydroxylation is 2. The van der Waals surface area contributed by atoms with Crippen molar-refractivity contribution in [2.75, 3.05) is 7.05 Å². The molecule has 0 bridgehead atoms. The number of likely N-dealkylation sites (N-methyl/N-ethyl adjacent to an activating group) is 1. The highest BCUT2D eigenvalue weighted by Crippen LogP contribution is 2.11. The molecular formula is C12H23N3. The van der Waals surface area contributed by atoms with Crippen LogP contribution in [0.1, 0.15) is 32.2 Å². The average molecular weight is 209 g/mol. The first-order chi connectivity index (χ1) is 7.08. The van der Waals surface area contributed by atoms with Gasteiger partial charge < -0.3 is 5.32 Å². The molecule has 0 saturated heterocycles. The van der Waals surface area contributed by atoms with E-state index in [1.807, 2.05) is 18.8 Å². The summed E-state index contributed by atoms with van der Waals surface area (Å²) in [6.07, 6.45) is 2.07. The number of hydrogen-bond acceptors (Lipinski definition) is 2. The van der Waals surface area contributed by atoms with Crippen LogP contribution in [0, 0.1) is 5.92 Å². The molecule has 1 heterocycles. The van der Waals surface area contributed by atoms with Crippen LogP contribution < -0.4 is 5.32 Å². The first-order valence-corrected chi connectivity index (χ1v) is 5.77. The third-order valence-corrected chi connectivity index (χ3v) is 2.99. The number of nitrogens with one attached hydrogen (secondary N) is 1. The van der Waals surface area contributed by atoms with E-state index >= 15 is 0 Å². The van der Waals surface area contributed by atoms with Crippen molar-refractivity contribution in [3.05, 3.63) is 17.5 Å².